The van der Waals surface area contributed by atoms with Crippen LogP contribution in [0, 0.1) is 5.82 Å². The molecule has 0 unspecified atom stereocenters. The summed E-state index contributed by atoms with van der Waals surface area (Å²) in [6.07, 6.45) is 10.7. The number of pyridine rings is 3. The number of hydrogen-bond acceptors (Lipinski definition) is 5. The van der Waals surface area contributed by atoms with Crippen molar-refractivity contribution >= 4 is 33.4 Å². The van der Waals surface area contributed by atoms with E-state index < -0.39 is 0 Å². The van der Waals surface area contributed by atoms with Crippen LogP contribution in [0.5, 0.6) is 0 Å². The molecule has 9 heteroatoms. The maximum atomic E-state index is 14.6. The van der Waals surface area contributed by atoms with Gasteiger partial charge in [0.15, 0.2) is 0 Å². The molecule has 0 atom stereocenters. The van der Waals surface area contributed by atoms with Gasteiger partial charge in [0.2, 0.25) is 5.91 Å². The Morgan fingerprint density at radius 3 is 2.68 bits per heavy atom. The van der Waals surface area contributed by atoms with Crippen LogP contribution in [0.4, 0.5) is 10.1 Å². The summed E-state index contributed by atoms with van der Waals surface area (Å²) in [4.78, 5) is 28.7. The number of H-pyrrole nitrogens is 2. The monoisotopic (exact) mass is 505 g/mol. The molecule has 8 nitrogen and oxygen atoms in total. The third-order valence-corrected chi connectivity index (χ3v) is 6.49. The van der Waals surface area contributed by atoms with E-state index in [1.54, 1.807) is 49.2 Å². The summed E-state index contributed by atoms with van der Waals surface area (Å²) in [6.45, 7) is 2.05. The summed E-state index contributed by atoms with van der Waals surface area (Å²) in [5.74, 6) is -0.336. The summed E-state index contributed by atoms with van der Waals surface area (Å²) in [5.41, 5.74) is 6.31. The highest BCUT2D eigenvalue weighted by atomic mass is 19.1. The van der Waals surface area contributed by atoms with Crippen LogP contribution < -0.4 is 5.32 Å². The number of amides is 1. The first kappa shape index (κ1) is 23.5. The Kier molecular flexibility index (Phi) is 6.09. The summed E-state index contributed by atoms with van der Waals surface area (Å²) >= 11 is 0. The average molecular weight is 506 g/mol. The molecule has 1 amide bonds. The fourth-order valence-electron chi connectivity index (χ4n) is 4.56. The number of aromatic amines is 2. The molecule has 6 rings (SSSR count). The fraction of sp³-hybridized carbons (Fsp3) is 0.138. The first-order valence-corrected chi connectivity index (χ1v) is 12.4. The molecule has 0 aliphatic heterocycles. The number of halogens is 1. The van der Waals surface area contributed by atoms with Gasteiger partial charge in [-0.05, 0) is 30.7 Å². The van der Waals surface area contributed by atoms with E-state index in [1.165, 1.54) is 6.07 Å². The van der Waals surface area contributed by atoms with Crippen molar-refractivity contribution in [2.45, 2.75) is 26.2 Å². The highest BCUT2D eigenvalue weighted by Gasteiger charge is 2.16. The number of nitrogens with zero attached hydrogens (tertiary/aromatic N) is 4. The third-order valence-electron chi connectivity index (χ3n) is 6.49. The quantitative estimate of drug-likeness (QED) is 0.229. The predicted molar refractivity (Wildman–Crippen MR) is 146 cm³/mol. The van der Waals surface area contributed by atoms with E-state index >= 15 is 0 Å². The molecule has 0 radical (unpaired) electrons. The molecule has 3 N–H and O–H groups in total. The zero-order valence-corrected chi connectivity index (χ0v) is 20.6. The van der Waals surface area contributed by atoms with Crippen molar-refractivity contribution in [1.82, 2.24) is 30.1 Å². The van der Waals surface area contributed by atoms with E-state index in [4.69, 9.17) is 0 Å². The number of anilines is 1. The smallest absolute Gasteiger partial charge is 0.224 e. The molecule has 0 aliphatic carbocycles. The van der Waals surface area contributed by atoms with Gasteiger partial charge in [-0.3, -0.25) is 24.8 Å². The number of nitrogens with one attached hydrogen (secondary N) is 3. The zero-order chi connectivity index (χ0) is 26.1. The zero-order valence-electron chi connectivity index (χ0n) is 20.6. The number of hydrogen-bond donors (Lipinski definition) is 3. The van der Waals surface area contributed by atoms with Crippen molar-refractivity contribution in [3.63, 3.8) is 0 Å². The van der Waals surface area contributed by atoms with E-state index in [0.717, 1.165) is 45.9 Å². The number of carbonyl (C=O) groups is 1. The summed E-state index contributed by atoms with van der Waals surface area (Å²) in [6, 6.07) is 12.4. The molecular weight excluding hydrogens is 481 g/mol. The second-order valence-electron chi connectivity index (χ2n) is 9.11. The Balaban J connectivity index is 1.38. The minimum absolute atomic E-state index is 0.0330. The lowest BCUT2D eigenvalue weighted by atomic mass is 10.0. The summed E-state index contributed by atoms with van der Waals surface area (Å²) in [5, 5.41) is 12.2. The molecule has 0 fully saturated rings. The summed E-state index contributed by atoms with van der Waals surface area (Å²) in [7, 11) is 0. The van der Waals surface area contributed by atoms with Crippen molar-refractivity contribution in [2.75, 3.05) is 5.32 Å². The molecule has 5 aromatic heterocycles. The second-order valence-corrected chi connectivity index (χ2v) is 9.11. The van der Waals surface area contributed by atoms with Crippen LogP contribution in [0.15, 0.2) is 73.4 Å². The third kappa shape index (κ3) is 4.39. The van der Waals surface area contributed by atoms with Crippen LogP contribution in [0.2, 0.25) is 0 Å². The van der Waals surface area contributed by atoms with E-state index in [9.17, 15) is 9.18 Å². The van der Waals surface area contributed by atoms with Gasteiger partial charge in [0.25, 0.3) is 0 Å². The van der Waals surface area contributed by atoms with Crippen LogP contribution in [0.25, 0.3) is 55.6 Å². The van der Waals surface area contributed by atoms with Gasteiger partial charge in [-0.25, -0.2) is 4.39 Å². The average Bonchev–Trinajstić information content (AvgIpc) is 3.56. The Labute approximate surface area is 217 Å². The molecule has 188 valence electrons. The van der Waals surface area contributed by atoms with Gasteiger partial charge in [-0.15, -0.1) is 0 Å². The number of rotatable bonds is 7. The minimum Gasteiger partial charge on any atom is -0.352 e. The Morgan fingerprint density at radius 1 is 0.947 bits per heavy atom. The molecular formula is C29H24FN7O. The highest BCUT2D eigenvalue weighted by molar-refractivity contribution is 6.01. The molecule has 5 heterocycles. The normalized spacial score (nSPS) is 11.3. The minimum atomic E-state index is -0.303. The van der Waals surface area contributed by atoms with Crippen LogP contribution in [0.3, 0.4) is 0 Å². The largest absolute Gasteiger partial charge is 0.352 e. The molecule has 38 heavy (non-hydrogen) atoms. The molecule has 0 saturated heterocycles. The van der Waals surface area contributed by atoms with Crippen LogP contribution in [-0.4, -0.2) is 36.0 Å². The molecule has 0 saturated carbocycles. The van der Waals surface area contributed by atoms with Crippen molar-refractivity contribution in [3.8, 4) is 33.8 Å². The van der Waals surface area contributed by atoms with Crippen molar-refractivity contribution in [2.24, 2.45) is 0 Å². The van der Waals surface area contributed by atoms with Crippen LogP contribution >= 0.6 is 0 Å². The van der Waals surface area contributed by atoms with Crippen molar-refractivity contribution in [3.05, 3.63) is 79.3 Å². The Hall–Kier alpha value is -4.92. The topological polar surface area (TPSA) is 112 Å². The second kappa shape index (κ2) is 9.85. The number of benzene rings is 1. The maximum Gasteiger partial charge on any atom is 0.224 e. The SMILES string of the molecule is CCCCC(=O)Nc1cncc(-c2cc3c(-c4cc5c(-c6ccccc6F)cncc5[nH]4)n[nH]c3cn2)c1. The Morgan fingerprint density at radius 2 is 1.82 bits per heavy atom. The molecule has 6 aromatic rings. The number of carbonyl (C=O) groups excluding carboxylic acids is 1. The first-order valence-electron chi connectivity index (χ1n) is 12.4. The van der Waals surface area contributed by atoms with E-state index in [0.29, 0.717) is 34.6 Å². The van der Waals surface area contributed by atoms with Gasteiger partial charge >= 0.3 is 0 Å². The predicted octanol–water partition coefficient (Wildman–Crippen LogP) is 6.50. The van der Waals surface area contributed by atoms with E-state index in [1.807, 2.05) is 18.2 Å². The number of fused-ring (bicyclic) bond motifs is 2. The summed E-state index contributed by atoms with van der Waals surface area (Å²) < 4.78 is 14.6. The van der Waals surface area contributed by atoms with Gasteiger partial charge in [0.1, 0.15) is 11.5 Å². The van der Waals surface area contributed by atoms with Gasteiger partial charge in [0, 0.05) is 46.3 Å². The lowest BCUT2D eigenvalue weighted by molar-refractivity contribution is -0.116. The van der Waals surface area contributed by atoms with Gasteiger partial charge in [0.05, 0.1) is 46.7 Å². The Bertz CT molecular complexity index is 1790. The number of unbranched alkanes of at least 4 members (excludes halogenated alkanes) is 1. The van der Waals surface area contributed by atoms with Crippen molar-refractivity contribution in [1.29, 1.82) is 0 Å². The lowest BCUT2D eigenvalue weighted by Gasteiger charge is -2.07. The maximum absolute atomic E-state index is 14.6. The first-order chi connectivity index (χ1) is 18.6. The van der Waals surface area contributed by atoms with Gasteiger partial charge in [-0.2, -0.15) is 5.10 Å². The van der Waals surface area contributed by atoms with E-state index in [2.05, 4.69) is 42.4 Å². The van der Waals surface area contributed by atoms with Gasteiger partial charge < -0.3 is 10.3 Å². The fourth-order valence-corrected chi connectivity index (χ4v) is 4.56. The van der Waals surface area contributed by atoms with Crippen LogP contribution in [0.1, 0.15) is 26.2 Å². The van der Waals surface area contributed by atoms with Crippen molar-refractivity contribution < 1.29 is 9.18 Å². The van der Waals surface area contributed by atoms with Crippen LogP contribution in [-0.2, 0) is 4.79 Å². The van der Waals surface area contributed by atoms with E-state index in [-0.39, 0.29) is 11.7 Å². The highest BCUT2D eigenvalue weighted by Crippen LogP contribution is 2.35. The number of aromatic nitrogens is 6. The molecule has 1 aromatic carbocycles. The molecule has 0 spiro atoms. The lowest BCUT2D eigenvalue weighted by Crippen LogP contribution is -2.11. The standard InChI is InChI=1S/C29H24FN7O/c1-2-3-8-28(38)34-18-9-17(12-31-13-18)24-11-21-27(16-33-24)36-37-29(21)25-10-20-22(14-32-15-26(20)35-25)19-6-4-5-7-23(19)30/h4-7,9-16,35H,2-3,8H2,1H3,(H,34,38)(H,36,37). The van der Waals surface area contributed by atoms with Gasteiger partial charge in [-0.1, -0.05) is 31.5 Å². The molecule has 0 aliphatic rings. The molecule has 0 bridgehead atoms.